The van der Waals surface area contributed by atoms with Crippen LogP contribution in [-0.4, -0.2) is 20.6 Å². The van der Waals surface area contributed by atoms with Crippen LogP contribution in [0, 0.1) is 0 Å². The molecular formula is C22H23N5. The molecule has 1 saturated carbocycles. The lowest BCUT2D eigenvalue weighted by Crippen LogP contribution is -2.27. The van der Waals surface area contributed by atoms with Crippen LogP contribution in [0.2, 0.25) is 0 Å². The lowest BCUT2D eigenvalue weighted by Gasteiger charge is -2.27. The first-order valence-corrected chi connectivity index (χ1v) is 9.56. The zero-order chi connectivity index (χ0) is 18.4. The molecule has 1 aliphatic carbocycles. The second-order valence-corrected chi connectivity index (χ2v) is 7.54. The highest BCUT2D eigenvalue weighted by Gasteiger charge is 2.24. The summed E-state index contributed by atoms with van der Waals surface area (Å²) in [5, 5.41) is 3.40. The summed E-state index contributed by atoms with van der Waals surface area (Å²) in [5.74, 6) is 0.536. The number of fused-ring (bicyclic) bond motifs is 2. The fraction of sp³-hybridized carbons (Fsp3) is 0.273. The van der Waals surface area contributed by atoms with Gasteiger partial charge in [0.05, 0.1) is 5.39 Å². The van der Waals surface area contributed by atoms with Crippen LogP contribution in [-0.2, 0) is 0 Å². The van der Waals surface area contributed by atoms with E-state index < -0.39 is 0 Å². The van der Waals surface area contributed by atoms with Gasteiger partial charge in [-0.05, 0) is 48.1 Å². The quantitative estimate of drug-likeness (QED) is 0.561. The van der Waals surface area contributed by atoms with Crippen LogP contribution in [0.25, 0.3) is 32.9 Å². The number of benzene rings is 2. The molecule has 5 nitrogen and oxygen atoms in total. The van der Waals surface area contributed by atoms with Crippen molar-refractivity contribution < 1.29 is 0 Å². The van der Waals surface area contributed by atoms with E-state index in [2.05, 4.69) is 63.2 Å². The summed E-state index contributed by atoms with van der Waals surface area (Å²) in [7, 11) is 0. The van der Waals surface area contributed by atoms with Crippen LogP contribution in [0.4, 0.5) is 5.82 Å². The smallest absolute Gasteiger partial charge is 0.146 e. The Bertz CT molecular complexity index is 1120. The molecule has 2 aromatic heterocycles. The van der Waals surface area contributed by atoms with Gasteiger partial charge in [-0.2, -0.15) is 0 Å². The Kier molecular flexibility index (Phi) is 3.83. The number of rotatable bonds is 2. The Hall–Kier alpha value is -2.92. The van der Waals surface area contributed by atoms with Crippen LogP contribution in [0.1, 0.15) is 31.7 Å². The van der Waals surface area contributed by atoms with Gasteiger partial charge in [0.15, 0.2) is 0 Å². The van der Waals surface area contributed by atoms with Crippen LogP contribution in [0.15, 0.2) is 55.0 Å². The van der Waals surface area contributed by atoms with Crippen molar-refractivity contribution in [1.29, 1.82) is 0 Å². The van der Waals surface area contributed by atoms with Crippen molar-refractivity contribution >= 4 is 27.6 Å². The third-order valence-electron chi connectivity index (χ3n) is 5.83. The summed E-state index contributed by atoms with van der Waals surface area (Å²) in [6.07, 6.45) is 8.03. The molecule has 2 heterocycles. The molecule has 5 rings (SSSR count). The third-order valence-corrected chi connectivity index (χ3v) is 5.83. The summed E-state index contributed by atoms with van der Waals surface area (Å²) in [6.45, 7) is 0. The highest BCUT2D eigenvalue weighted by molar-refractivity contribution is 6.02. The zero-order valence-corrected chi connectivity index (χ0v) is 15.2. The topological polar surface area (TPSA) is 82.8 Å². The molecule has 4 N–H and O–H groups in total. The van der Waals surface area contributed by atoms with Crippen LogP contribution in [0.3, 0.4) is 0 Å². The highest BCUT2D eigenvalue weighted by atomic mass is 15.1. The van der Waals surface area contributed by atoms with Gasteiger partial charge in [0, 0.05) is 23.8 Å². The van der Waals surface area contributed by atoms with E-state index in [0.29, 0.717) is 17.9 Å². The summed E-state index contributed by atoms with van der Waals surface area (Å²) >= 11 is 0. The molecule has 4 aromatic rings. The van der Waals surface area contributed by atoms with Crippen molar-refractivity contribution in [2.24, 2.45) is 5.73 Å². The van der Waals surface area contributed by atoms with E-state index in [4.69, 9.17) is 11.5 Å². The van der Waals surface area contributed by atoms with Gasteiger partial charge in [0.25, 0.3) is 0 Å². The molecule has 136 valence electrons. The van der Waals surface area contributed by atoms with E-state index in [-0.39, 0.29) is 0 Å². The number of hydrogen-bond acceptors (Lipinski definition) is 4. The molecular weight excluding hydrogens is 334 g/mol. The summed E-state index contributed by atoms with van der Waals surface area (Å²) < 4.78 is 2.30. The SMILES string of the molecule is Nc1ncnc2c1c(-c1ccc3ccccc3c1)cn2C1CCC(N)CC1. The summed E-state index contributed by atoms with van der Waals surface area (Å²) in [6, 6.07) is 15.7. The van der Waals surface area contributed by atoms with Gasteiger partial charge < -0.3 is 16.0 Å². The maximum atomic E-state index is 6.29. The molecule has 2 aromatic carbocycles. The minimum absolute atomic E-state index is 0.322. The van der Waals surface area contributed by atoms with E-state index >= 15 is 0 Å². The molecule has 0 atom stereocenters. The van der Waals surface area contributed by atoms with Crippen LogP contribution < -0.4 is 11.5 Å². The zero-order valence-electron chi connectivity index (χ0n) is 15.2. The Balaban J connectivity index is 1.69. The van der Waals surface area contributed by atoms with Gasteiger partial charge in [-0.15, -0.1) is 0 Å². The Morgan fingerprint density at radius 3 is 2.52 bits per heavy atom. The normalized spacial score (nSPS) is 20.3. The number of nitrogens with zero attached hydrogens (tertiary/aromatic N) is 3. The number of anilines is 1. The minimum Gasteiger partial charge on any atom is -0.383 e. The van der Waals surface area contributed by atoms with Gasteiger partial charge in [0.1, 0.15) is 17.8 Å². The second-order valence-electron chi connectivity index (χ2n) is 7.54. The molecule has 1 aliphatic rings. The number of hydrogen-bond donors (Lipinski definition) is 2. The second kappa shape index (κ2) is 6.35. The molecule has 0 amide bonds. The fourth-order valence-electron chi connectivity index (χ4n) is 4.34. The van der Waals surface area contributed by atoms with Gasteiger partial charge >= 0.3 is 0 Å². The number of nitrogen functional groups attached to an aromatic ring is 1. The van der Waals surface area contributed by atoms with E-state index in [1.165, 1.54) is 10.8 Å². The molecule has 5 heteroatoms. The summed E-state index contributed by atoms with van der Waals surface area (Å²) in [5.41, 5.74) is 15.6. The largest absolute Gasteiger partial charge is 0.383 e. The molecule has 0 radical (unpaired) electrons. The Morgan fingerprint density at radius 1 is 0.926 bits per heavy atom. The first kappa shape index (κ1) is 16.3. The first-order chi connectivity index (χ1) is 13.2. The van der Waals surface area contributed by atoms with E-state index in [0.717, 1.165) is 47.8 Å². The van der Waals surface area contributed by atoms with Gasteiger partial charge in [-0.1, -0.05) is 36.4 Å². The van der Waals surface area contributed by atoms with Crippen molar-refractivity contribution in [2.75, 3.05) is 5.73 Å². The molecule has 1 fully saturated rings. The Labute approximate surface area is 158 Å². The maximum absolute atomic E-state index is 6.29. The molecule has 0 unspecified atom stereocenters. The van der Waals surface area contributed by atoms with Gasteiger partial charge in [-0.3, -0.25) is 0 Å². The molecule has 0 bridgehead atoms. The van der Waals surface area contributed by atoms with Crippen LogP contribution >= 0.6 is 0 Å². The standard InChI is InChI=1S/C22H23N5/c23-17-7-9-18(10-8-17)27-12-19(20-21(24)25-13-26-22(20)27)16-6-5-14-3-1-2-4-15(14)11-16/h1-6,11-13,17-18H,7-10,23H2,(H2,24,25,26). The lowest BCUT2D eigenvalue weighted by atomic mass is 9.92. The van der Waals surface area contributed by atoms with Crippen molar-refractivity contribution in [2.45, 2.75) is 37.8 Å². The van der Waals surface area contributed by atoms with Crippen LogP contribution in [0.5, 0.6) is 0 Å². The molecule has 0 saturated heterocycles. The van der Waals surface area contributed by atoms with Gasteiger partial charge in [0.2, 0.25) is 0 Å². The maximum Gasteiger partial charge on any atom is 0.146 e. The van der Waals surface area contributed by atoms with Crippen molar-refractivity contribution in [1.82, 2.24) is 14.5 Å². The summed E-state index contributed by atoms with van der Waals surface area (Å²) in [4.78, 5) is 8.84. The average molecular weight is 357 g/mol. The minimum atomic E-state index is 0.322. The molecule has 27 heavy (non-hydrogen) atoms. The fourth-order valence-corrected chi connectivity index (χ4v) is 4.34. The van der Waals surface area contributed by atoms with Gasteiger partial charge in [-0.25, -0.2) is 9.97 Å². The predicted molar refractivity (Wildman–Crippen MR) is 110 cm³/mol. The van der Waals surface area contributed by atoms with Crippen molar-refractivity contribution in [3.05, 3.63) is 55.0 Å². The first-order valence-electron chi connectivity index (χ1n) is 9.56. The molecule has 0 spiro atoms. The highest BCUT2D eigenvalue weighted by Crippen LogP contribution is 2.38. The number of nitrogens with two attached hydrogens (primary N) is 2. The van der Waals surface area contributed by atoms with E-state index in [9.17, 15) is 0 Å². The third kappa shape index (κ3) is 2.75. The van der Waals surface area contributed by atoms with Crippen molar-refractivity contribution in [3.8, 4) is 11.1 Å². The Morgan fingerprint density at radius 2 is 1.70 bits per heavy atom. The van der Waals surface area contributed by atoms with E-state index in [1.807, 2.05) is 0 Å². The van der Waals surface area contributed by atoms with Crippen molar-refractivity contribution in [3.63, 3.8) is 0 Å². The predicted octanol–water partition coefficient (Wildman–Crippen LogP) is 4.28. The average Bonchev–Trinajstić information content (AvgIpc) is 3.09. The molecule has 0 aliphatic heterocycles. The number of aromatic nitrogens is 3. The van der Waals surface area contributed by atoms with E-state index in [1.54, 1.807) is 6.33 Å². The monoisotopic (exact) mass is 357 g/mol. The lowest BCUT2D eigenvalue weighted by molar-refractivity contribution is 0.329.